The summed E-state index contributed by atoms with van der Waals surface area (Å²) in [6.45, 7) is 2.84. The van der Waals surface area contributed by atoms with Gasteiger partial charge in [0.1, 0.15) is 0 Å². The van der Waals surface area contributed by atoms with Crippen molar-refractivity contribution in [3.8, 4) is 0 Å². The highest BCUT2D eigenvalue weighted by molar-refractivity contribution is 6.08. The Hall–Kier alpha value is -2.94. The first-order valence-electron chi connectivity index (χ1n) is 7.46. The summed E-state index contributed by atoms with van der Waals surface area (Å²) in [6.07, 6.45) is -1.44. The molecule has 0 unspecified atom stereocenters. The predicted octanol–water partition coefficient (Wildman–Crippen LogP) is 0.716. The summed E-state index contributed by atoms with van der Waals surface area (Å²) >= 11 is 0. The van der Waals surface area contributed by atoms with Crippen LogP contribution < -0.4 is 11.5 Å². The Balaban J connectivity index is 2.57. The summed E-state index contributed by atoms with van der Waals surface area (Å²) in [6, 6.07) is 9.33. The predicted molar refractivity (Wildman–Crippen MR) is 89.2 cm³/mol. The minimum atomic E-state index is -1.64. The average molecular weight is 350 g/mol. The van der Waals surface area contributed by atoms with Crippen molar-refractivity contribution in [1.82, 2.24) is 4.90 Å². The highest BCUT2D eigenvalue weighted by Gasteiger charge is 2.35. The highest BCUT2D eigenvalue weighted by Crippen LogP contribution is 2.12. The molecule has 0 saturated carbocycles. The van der Waals surface area contributed by atoms with Crippen LogP contribution in [0.3, 0.4) is 0 Å². The summed E-state index contributed by atoms with van der Waals surface area (Å²) in [5, 5.41) is 7.37. The second-order valence-electron chi connectivity index (χ2n) is 5.65. The van der Waals surface area contributed by atoms with E-state index in [9.17, 15) is 14.4 Å². The van der Waals surface area contributed by atoms with Crippen LogP contribution in [0.2, 0.25) is 0 Å². The van der Waals surface area contributed by atoms with Crippen molar-refractivity contribution in [3.63, 3.8) is 0 Å². The molecule has 0 atom stereocenters. The van der Waals surface area contributed by atoms with Crippen molar-refractivity contribution >= 4 is 23.9 Å². The standard InChI is InChI=1S/C16H22N4O5/c1-16(2,13(17)22)25-15(23)20(14(18)19)12(21)8-9-24-10-11-6-4-3-5-7-11/h3-7H,8-10H2,1-2H3,(H2,17,22)(H3,18,19). The van der Waals surface area contributed by atoms with E-state index in [1.807, 2.05) is 30.3 Å². The number of amides is 3. The van der Waals surface area contributed by atoms with E-state index >= 15 is 0 Å². The van der Waals surface area contributed by atoms with E-state index in [-0.39, 0.29) is 13.0 Å². The van der Waals surface area contributed by atoms with Crippen LogP contribution in [0, 0.1) is 5.41 Å². The van der Waals surface area contributed by atoms with Crippen LogP contribution in [0.4, 0.5) is 4.79 Å². The summed E-state index contributed by atoms with van der Waals surface area (Å²) in [5.41, 5.74) is 9.65. The third kappa shape index (κ3) is 6.22. The SMILES string of the molecule is CC(C)(OC(=O)N(C(=N)N)C(=O)CCOCc1ccccc1)C(N)=O. The van der Waals surface area contributed by atoms with Crippen molar-refractivity contribution in [2.45, 2.75) is 32.5 Å². The van der Waals surface area contributed by atoms with Gasteiger partial charge in [-0.25, -0.2) is 4.79 Å². The molecule has 1 rings (SSSR count). The van der Waals surface area contributed by atoms with Gasteiger partial charge in [-0.1, -0.05) is 30.3 Å². The molecule has 0 heterocycles. The molecule has 0 aliphatic rings. The van der Waals surface area contributed by atoms with Gasteiger partial charge in [-0.3, -0.25) is 15.0 Å². The number of carbonyl (C=O) groups is 3. The molecule has 0 aliphatic heterocycles. The van der Waals surface area contributed by atoms with Crippen LogP contribution in [-0.4, -0.2) is 41.0 Å². The van der Waals surface area contributed by atoms with Gasteiger partial charge >= 0.3 is 6.09 Å². The van der Waals surface area contributed by atoms with Crippen molar-refractivity contribution in [2.24, 2.45) is 11.5 Å². The molecule has 0 saturated heterocycles. The molecule has 25 heavy (non-hydrogen) atoms. The molecule has 9 heteroatoms. The van der Waals surface area contributed by atoms with Crippen LogP contribution in [0.25, 0.3) is 0 Å². The zero-order chi connectivity index (χ0) is 19.0. The number of nitrogens with zero attached hydrogens (tertiary/aromatic N) is 1. The molecule has 5 N–H and O–H groups in total. The van der Waals surface area contributed by atoms with E-state index < -0.39 is 29.5 Å². The van der Waals surface area contributed by atoms with Gasteiger partial charge in [-0.05, 0) is 19.4 Å². The molecule has 0 spiro atoms. The molecule has 0 fully saturated rings. The molecular formula is C16H22N4O5. The van der Waals surface area contributed by atoms with Gasteiger partial charge in [0.2, 0.25) is 11.9 Å². The number of hydrogen-bond donors (Lipinski definition) is 3. The fraction of sp³-hybridized carbons (Fsp3) is 0.375. The Bertz CT molecular complexity index is 645. The van der Waals surface area contributed by atoms with E-state index in [0.29, 0.717) is 11.5 Å². The van der Waals surface area contributed by atoms with E-state index in [0.717, 1.165) is 5.56 Å². The Morgan fingerprint density at radius 3 is 2.28 bits per heavy atom. The van der Waals surface area contributed by atoms with E-state index in [2.05, 4.69) is 0 Å². The zero-order valence-electron chi connectivity index (χ0n) is 14.2. The summed E-state index contributed by atoms with van der Waals surface area (Å²) in [4.78, 5) is 35.6. The molecule has 0 aromatic heterocycles. The largest absolute Gasteiger partial charge is 0.433 e. The Morgan fingerprint density at radius 2 is 1.76 bits per heavy atom. The van der Waals surface area contributed by atoms with Gasteiger partial charge in [-0.2, -0.15) is 4.90 Å². The van der Waals surface area contributed by atoms with E-state index in [4.69, 9.17) is 26.4 Å². The molecular weight excluding hydrogens is 328 g/mol. The topological polar surface area (TPSA) is 149 Å². The van der Waals surface area contributed by atoms with Crippen LogP contribution >= 0.6 is 0 Å². The molecule has 1 aromatic carbocycles. The van der Waals surface area contributed by atoms with Crippen LogP contribution in [0.1, 0.15) is 25.8 Å². The zero-order valence-corrected chi connectivity index (χ0v) is 14.2. The maximum absolute atomic E-state index is 12.1. The Morgan fingerprint density at radius 1 is 1.16 bits per heavy atom. The fourth-order valence-electron chi connectivity index (χ4n) is 1.68. The first kappa shape index (κ1) is 20.1. The number of hydrogen-bond acceptors (Lipinski definition) is 6. The van der Waals surface area contributed by atoms with Gasteiger partial charge in [0.05, 0.1) is 19.6 Å². The third-order valence-corrected chi connectivity index (χ3v) is 3.18. The van der Waals surface area contributed by atoms with Gasteiger partial charge in [0.25, 0.3) is 5.91 Å². The number of guanidine groups is 1. The van der Waals surface area contributed by atoms with Gasteiger partial charge < -0.3 is 20.9 Å². The number of carbonyl (C=O) groups excluding carboxylic acids is 3. The van der Waals surface area contributed by atoms with Crippen LogP contribution in [0.5, 0.6) is 0 Å². The van der Waals surface area contributed by atoms with Crippen molar-refractivity contribution in [1.29, 1.82) is 5.41 Å². The van der Waals surface area contributed by atoms with Gasteiger partial charge in [0, 0.05) is 0 Å². The molecule has 9 nitrogen and oxygen atoms in total. The minimum Gasteiger partial charge on any atom is -0.433 e. The first-order chi connectivity index (χ1) is 11.6. The highest BCUT2D eigenvalue weighted by atomic mass is 16.6. The lowest BCUT2D eigenvalue weighted by atomic mass is 10.1. The smallest absolute Gasteiger partial charge is 0.424 e. The molecule has 136 valence electrons. The van der Waals surface area contributed by atoms with Crippen molar-refractivity contribution in [3.05, 3.63) is 35.9 Å². The minimum absolute atomic E-state index is 0.0179. The second-order valence-corrected chi connectivity index (χ2v) is 5.65. The van der Waals surface area contributed by atoms with Gasteiger partial charge in [0.15, 0.2) is 5.60 Å². The number of benzene rings is 1. The Kier molecular flexibility index (Phi) is 7.06. The maximum Gasteiger partial charge on any atom is 0.424 e. The normalized spacial score (nSPS) is 10.8. The Labute approximate surface area is 145 Å². The first-order valence-corrected chi connectivity index (χ1v) is 7.46. The van der Waals surface area contributed by atoms with Crippen LogP contribution in [0.15, 0.2) is 30.3 Å². The molecule has 1 aromatic rings. The number of rotatable bonds is 7. The summed E-state index contributed by atoms with van der Waals surface area (Å²) in [7, 11) is 0. The average Bonchev–Trinajstić information content (AvgIpc) is 2.51. The van der Waals surface area contributed by atoms with Gasteiger partial charge in [-0.15, -0.1) is 0 Å². The monoisotopic (exact) mass is 350 g/mol. The molecule has 0 bridgehead atoms. The van der Waals surface area contributed by atoms with E-state index in [1.54, 1.807) is 0 Å². The lowest BCUT2D eigenvalue weighted by Gasteiger charge is -2.25. The number of nitrogens with two attached hydrogens (primary N) is 2. The number of imide groups is 1. The van der Waals surface area contributed by atoms with Crippen molar-refractivity contribution < 1.29 is 23.9 Å². The van der Waals surface area contributed by atoms with Crippen LogP contribution in [-0.2, 0) is 25.7 Å². The number of ether oxygens (including phenoxy) is 2. The van der Waals surface area contributed by atoms with Crippen molar-refractivity contribution in [2.75, 3.05) is 6.61 Å². The molecule has 3 amide bonds. The third-order valence-electron chi connectivity index (χ3n) is 3.18. The quantitative estimate of drug-likeness (QED) is 0.375. The molecule has 0 aliphatic carbocycles. The second kappa shape index (κ2) is 8.78. The molecule has 0 radical (unpaired) electrons. The maximum atomic E-state index is 12.1. The number of primary amides is 1. The summed E-state index contributed by atoms with van der Waals surface area (Å²) in [5.74, 6) is -2.51. The fourth-order valence-corrected chi connectivity index (χ4v) is 1.68. The lowest BCUT2D eigenvalue weighted by molar-refractivity contribution is -0.136. The number of nitrogens with one attached hydrogen (secondary N) is 1. The van der Waals surface area contributed by atoms with E-state index in [1.165, 1.54) is 13.8 Å². The summed E-state index contributed by atoms with van der Waals surface area (Å²) < 4.78 is 10.2. The lowest BCUT2D eigenvalue weighted by Crippen LogP contribution is -2.51.